The zero-order valence-corrected chi connectivity index (χ0v) is 11.6. The molecule has 0 saturated carbocycles. The molecule has 0 amide bonds. The minimum absolute atomic E-state index is 0.445. The van der Waals surface area contributed by atoms with Gasteiger partial charge in [-0.2, -0.15) is 14.9 Å². The summed E-state index contributed by atoms with van der Waals surface area (Å²) in [5.74, 6) is 0.766. The van der Waals surface area contributed by atoms with Crippen LogP contribution in [0.25, 0.3) is 10.8 Å². The number of rotatable bonds is 3. The molecule has 20 heavy (non-hydrogen) atoms. The molecule has 0 fully saturated rings. The first-order valence-electron chi connectivity index (χ1n) is 6.02. The van der Waals surface area contributed by atoms with Crippen LogP contribution in [-0.4, -0.2) is 28.2 Å². The van der Waals surface area contributed by atoms with E-state index in [-0.39, 0.29) is 0 Å². The van der Waals surface area contributed by atoms with E-state index in [0.29, 0.717) is 4.77 Å². The monoisotopic (exact) mass is 284 g/mol. The highest BCUT2D eigenvalue weighted by Gasteiger charge is 2.05. The van der Waals surface area contributed by atoms with Gasteiger partial charge in [-0.15, -0.1) is 0 Å². The van der Waals surface area contributed by atoms with Crippen molar-refractivity contribution in [2.24, 2.45) is 5.10 Å². The molecule has 1 heterocycles. The van der Waals surface area contributed by atoms with Crippen LogP contribution in [0.3, 0.4) is 0 Å². The molecule has 0 spiro atoms. The molecule has 0 aliphatic carbocycles. The third-order valence-electron chi connectivity index (χ3n) is 3.00. The minimum Gasteiger partial charge on any atom is -0.496 e. The van der Waals surface area contributed by atoms with Crippen LogP contribution in [0.4, 0.5) is 0 Å². The largest absolute Gasteiger partial charge is 0.496 e. The molecule has 0 aliphatic heterocycles. The highest BCUT2D eigenvalue weighted by atomic mass is 32.1. The Balaban J connectivity index is 2.16. The lowest BCUT2D eigenvalue weighted by Crippen LogP contribution is -1.95. The number of fused-ring (bicyclic) bond motifs is 1. The molecule has 6 heteroatoms. The summed E-state index contributed by atoms with van der Waals surface area (Å²) in [7, 11) is 1.64. The Bertz CT molecular complexity index is 834. The molecule has 1 N–H and O–H groups in total. The van der Waals surface area contributed by atoms with Crippen molar-refractivity contribution in [3.8, 4) is 5.75 Å². The normalized spacial score (nSPS) is 11.2. The summed E-state index contributed by atoms with van der Waals surface area (Å²) in [4.78, 5) is 0. The molecule has 100 valence electrons. The zero-order valence-electron chi connectivity index (χ0n) is 10.8. The second kappa shape index (κ2) is 5.26. The lowest BCUT2D eigenvalue weighted by molar-refractivity contribution is 0.415. The second-order valence-corrected chi connectivity index (χ2v) is 4.54. The molecule has 3 rings (SSSR count). The first-order valence-corrected chi connectivity index (χ1v) is 6.42. The van der Waals surface area contributed by atoms with Crippen LogP contribution < -0.4 is 4.74 Å². The smallest absolute Gasteiger partial charge is 0.216 e. The molecular formula is C14H12N4OS. The van der Waals surface area contributed by atoms with Crippen LogP contribution >= 0.6 is 12.2 Å². The first kappa shape index (κ1) is 12.6. The second-order valence-electron chi connectivity index (χ2n) is 4.15. The molecule has 1 aromatic heterocycles. The summed E-state index contributed by atoms with van der Waals surface area (Å²) < 4.78 is 7.35. The van der Waals surface area contributed by atoms with Crippen LogP contribution in [-0.2, 0) is 0 Å². The lowest BCUT2D eigenvalue weighted by atomic mass is 10.0. The Hall–Kier alpha value is -2.47. The fourth-order valence-electron chi connectivity index (χ4n) is 2.03. The summed E-state index contributed by atoms with van der Waals surface area (Å²) in [5.41, 5.74) is 0.911. The van der Waals surface area contributed by atoms with Crippen molar-refractivity contribution >= 4 is 29.2 Å². The Morgan fingerprint density at radius 2 is 2.15 bits per heavy atom. The first-order chi connectivity index (χ1) is 9.79. The Morgan fingerprint density at radius 3 is 2.90 bits per heavy atom. The maximum Gasteiger partial charge on any atom is 0.216 e. The van der Waals surface area contributed by atoms with Crippen molar-refractivity contribution in [3.63, 3.8) is 0 Å². The van der Waals surface area contributed by atoms with Crippen molar-refractivity contribution in [2.45, 2.75) is 0 Å². The van der Waals surface area contributed by atoms with Crippen LogP contribution in [0, 0.1) is 4.77 Å². The van der Waals surface area contributed by atoms with E-state index < -0.39 is 0 Å². The number of methoxy groups -OCH3 is 1. The fraction of sp³-hybridized carbons (Fsp3) is 0.0714. The predicted octanol–water partition coefficient (Wildman–Crippen LogP) is 2.98. The van der Waals surface area contributed by atoms with Gasteiger partial charge in [-0.25, -0.2) is 0 Å². The summed E-state index contributed by atoms with van der Waals surface area (Å²) in [5, 5.41) is 13.0. The highest BCUT2D eigenvalue weighted by Crippen LogP contribution is 2.26. The lowest BCUT2D eigenvalue weighted by Gasteiger charge is -2.08. The topological polar surface area (TPSA) is 55.2 Å². The highest BCUT2D eigenvalue weighted by molar-refractivity contribution is 7.71. The molecular weight excluding hydrogens is 272 g/mol. The van der Waals surface area contributed by atoms with Crippen molar-refractivity contribution < 1.29 is 4.74 Å². The van der Waals surface area contributed by atoms with E-state index in [9.17, 15) is 0 Å². The van der Waals surface area contributed by atoms with Gasteiger partial charge in [0.2, 0.25) is 4.77 Å². The van der Waals surface area contributed by atoms with Gasteiger partial charge < -0.3 is 4.74 Å². The molecule has 3 aromatic rings. The average Bonchev–Trinajstić information content (AvgIpc) is 2.90. The van der Waals surface area contributed by atoms with E-state index >= 15 is 0 Å². The van der Waals surface area contributed by atoms with E-state index in [1.165, 1.54) is 11.0 Å². The molecule has 0 atom stereocenters. The molecule has 5 nitrogen and oxygen atoms in total. The number of nitrogens with one attached hydrogen (secondary N) is 1. The van der Waals surface area contributed by atoms with Gasteiger partial charge in [0.15, 0.2) is 0 Å². The van der Waals surface area contributed by atoms with E-state index in [2.05, 4.69) is 21.4 Å². The molecule has 2 aromatic carbocycles. The van der Waals surface area contributed by atoms with Gasteiger partial charge in [0.05, 0.1) is 13.3 Å². The third-order valence-corrected chi connectivity index (χ3v) is 3.28. The number of benzene rings is 2. The molecule has 0 radical (unpaired) electrons. The van der Waals surface area contributed by atoms with E-state index in [1.807, 2.05) is 30.3 Å². The number of ether oxygens (including phenoxy) is 1. The van der Waals surface area contributed by atoms with Gasteiger partial charge in [0.25, 0.3) is 0 Å². The number of aromatic nitrogens is 3. The molecule has 0 saturated heterocycles. The molecule has 0 aliphatic rings. The van der Waals surface area contributed by atoms with Gasteiger partial charge in [0.1, 0.15) is 12.1 Å². The fourth-order valence-corrected chi connectivity index (χ4v) is 2.18. The standard InChI is InChI=1S/C14H12N4OS/c1-19-13-7-6-10-4-2-3-5-11(10)12(13)8-16-18-9-15-17-14(18)20/h2-9H,1H3,(H,17,20)/b16-8+. The number of hydrogen-bond donors (Lipinski definition) is 1. The third kappa shape index (κ3) is 2.21. The maximum atomic E-state index is 5.40. The number of nitrogens with zero attached hydrogens (tertiary/aromatic N) is 3. The number of H-pyrrole nitrogens is 1. The predicted molar refractivity (Wildman–Crippen MR) is 80.9 cm³/mol. The Kier molecular flexibility index (Phi) is 3.30. The van der Waals surface area contributed by atoms with E-state index in [4.69, 9.17) is 17.0 Å². The number of aromatic amines is 1. The van der Waals surface area contributed by atoms with Gasteiger partial charge in [-0.1, -0.05) is 30.3 Å². The molecule has 0 unspecified atom stereocenters. The summed E-state index contributed by atoms with van der Waals surface area (Å²) in [6.45, 7) is 0. The number of hydrogen-bond acceptors (Lipinski definition) is 4. The maximum absolute atomic E-state index is 5.40. The van der Waals surface area contributed by atoms with Gasteiger partial charge >= 0.3 is 0 Å². The summed E-state index contributed by atoms with van der Waals surface area (Å²) in [6, 6.07) is 12.0. The van der Waals surface area contributed by atoms with Crippen molar-refractivity contribution in [1.82, 2.24) is 14.9 Å². The quantitative estimate of drug-likeness (QED) is 0.594. The van der Waals surface area contributed by atoms with Crippen molar-refractivity contribution in [1.29, 1.82) is 0 Å². The van der Waals surface area contributed by atoms with Crippen LogP contribution in [0.15, 0.2) is 47.8 Å². The summed E-state index contributed by atoms with van der Waals surface area (Å²) in [6.07, 6.45) is 3.25. The van der Waals surface area contributed by atoms with E-state index in [1.54, 1.807) is 13.3 Å². The van der Waals surface area contributed by atoms with Crippen molar-refractivity contribution in [2.75, 3.05) is 7.11 Å². The van der Waals surface area contributed by atoms with Crippen LogP contribution in [0.2, 0.25) is 0 Å². The summed E-state index contributed by atoms with van der Waals surface area (Å²) >= 11 is 5.06. The zero-order chi connectivity index (χ0) is 13.9. The van der Waals surface area contributed by atoms with Crippen LogP contribution in [0.1, 0.15) is 5.56 Å². The van der Waals surface area contributed by atoms with Gasteiger partial charge in [-0.05, 0) is 29.1 Å². The van der Waals surface area contributed by atoms with E-state index in [0.717, 1.165) is 22.1 Å². The Labute approximate surface area is 120 Å². The SMILES string of the molecule is COc1ccc2ccccc2c1/C=N/n1cn[nH]c1=S. The van der Waals surface area contributed by atoms with Gasteiger partial charge in [-0.3, -0.25) is 5.10 Å². The average molecular weight is 284 g/mol. The minimum atomic E-state index is 0.445. The van der Waals surface area contributed by atoms with Crippen molar-refractivity contribution in [3.05, 3.63) is 53.1 Å². The van der Waals surface area contributed by atoms with Crippen LogP contribution in [0.5, 0.6) is 5.75 Å². The van der Waals surface area contributed by atoms with Gasteiger partial charge in [0, 0.05) is 5.56 Å². The Morgan fingerprint density at radius 1 is 1.30 bits per heavy atom. The molecule has 0 bridgehead atoms.